The third-order valence-corrected chi connectivity index (χ3v) is 2.07. The van der Waals surface area contributed by atoms with E-state index in [4.69, 9.17) is 5.11 Å². The average Bonchev–Trinajstić information content (AvgIpc) is 2.27. The lowest BCUT2D eigenvalue weighted by Gasteiger charge is -2.06. The molecule has 1 aromatic carbocycles. The molecule has 6 heteroatoms. The molecule has 17 heavy (non-hydrogen) atoms. The Morgan fingerprint density at radius 3 is 2.29 bits per heavy atom. The Morgan fingerprint density at radius 2 is 1.76 bits per heavy atom. The van der Waals surface area contributed by atoms with E-state index in [1.54, 1.807) is 24.3 Å². The zero-order valence-corrected chi connectivity index (χ0v) is 8.97. The van der Waals surface area contributed by atoms with Crippen molar-refractivity contribution >= 4 is 28.7 Å². The van der Waals surface area contributed by atoms with Crippen LogP contribution in [0.5, 0.6) is 0 Å². The van der Waals surface area contributed by atoms with Crippen LogP contribution >= 0.6 is 0 Å². The average molecular weight is 231 g/mol. The second kappa shape index (κ2) is 4.17. The van der Waals surface area contributed by atoms with Gasteiger partial charge in [-0.2, -0.15) is 0 Å². The van der Waals surface area contributed by atoms with Crippen molar-refractivity contribution in [3.63, 3.8) is 0 Å². The number of aromatic carboxylic acids is 1. The third kappa shape index (κ3) is 2.20. The molecule has 0 bridgehead atoms. The van der Waals surface area contributed by atoms with Gasteiger partial charge >= 0.3 is 5.97 Å². The zero-order chi connectivity index (χ0) is 12.4. The van der Waals surface area contributed by atoms with Gasteiger partial charge in [0.25, 0.3) is 0 Å². The van der Waals surface area contributed by atoms with E-state index in [1.165, 1.54) is 6.92 Å². The summed E-state index contributed by atoms with van der Waals surface area (Å²) in [6.45, 7) is 1.28. The molecule has 0 saturated carbocycles. The van der Waals surface area contributed by atoms with Crippen LogP contribution < -0.4 is 5.32 Å². The van der Waals surface area contributed by atoms with Crippen molar-refractivity contribution in [3.8, 4) is 0 Å². The molecule has 0 saturated heterocycles. The molecule has 86 valence electrons. The molecular weight excluding hydrogens is 222 g/mol. The quantitative estimate of drug-likeness (QED) is 0.812. The smallest absolute Gasteiger partial charge is 0.358 e. The number of carbonyl (C=O) groups excluding carboxylic acids is 1. The number of amides is 1. The summed E-state index contributed by atoms with van der Waals surface area (Å²) in [6, 6.07) is 6.85. The monoisotopic (exact) mass is 231 g/mol. The molecule has 0 aliphatic carbocycles. The summed E-state index contributed by atoms with van der Waals surface area (Å²) >= 11 is 0. The van der Waals surface area contributed by atoms with Gasteiger partial charge in [-0.15, -0.1) is 0 Å². The Bertz CT molecular complexity index is 610. The number of anilines is 1. The lowest BCUT2D eigenvalue weighted by atomic mass is 10.3. The van der Waals surface area contributed by atoms with Gasteiger partial charge in [0.05, 0.1) is 11.0 Å². The largest absolute Gasteiger partial charge is 0.476 e. The van der Waals surface area contributed by atoms with Crippen LogP contribution in [-0.4, -0.2) is 27.0 Å². The minimum atomic E-state index is -1.23. The van der Waals surface area contributed by atoms with E-state index in [2.05, 4.69) is 15.3 Å². The van der Waals surface area contributed by atoms with Crippen LogP contribution in [-0.2, 0) is 4.79 Å². The van der Waals surface area contributed by atoms with E-state index < -0.39 is 11.9 Å². The number of benzene rings is 1. The second-order valence-electron chi connectivity index (χ2n) is 3.40. The van der Waals surface area contributed by atoms with Gasteiger partial charge in [0.2, 0.25) is 5.91 Å². The molecule has 1 aromatic heterocycles. The summed E-state index contributed by atoms with van der Waals surface area (Å²) in [7, 11) is 0. The van der Waals surface area contributed by atoms with Crippen molar-refractivity contribution in [1.82, 2.24) is 9.97 Å². The predicted molar refractivity (Wildman–Crippen MR) is 60.8 cm³/mol. The first-order valence-corrected chi connectivity index (χ1v) is 4.85. The first-order valence-electron chi connectivity index (χ1n) is 4.85. The number of carboxylic acid groups (broad SMARTS) is 1. The third-order valence-electron chi connectivity index (χ3n) is 2.07. The van der Waals surface area contributed by atoms with Crippen molar-refractivity contribution in [2.24, 2.45) is 0 Å². The SMILES string of the molecule is CC(=O)Nc1nc2ccccc2nc1C(=O)O. The molecule has 1 amide bonds. The fraction of sp³-hybridized carbons (Fsp3) is 0.0909. The van der Waals surface area contributed by atoms with E-state index >= 15 is 0 Å². The van der Waals surface area contributed by atoms with Gasteiger partial charge in [0, 0.05) is 6.92 Å². The van der Waals surface area contributed by atoms with Crippen molar-refractivity contribution in [2.45, 2.75) is 6.92 Å². The molecule has 0 fully saturated rings. The van der Waals surface area contributed by atoms with Crippen LogP contribution in [0, 0.1) is 0 Å². The topological polar surface area (TPSA) is 92.2 Å². The highest BCUT2D eigenvalue weighted by molar-refractivity contribution is 5.99. The summed E-state index contributed by atoms with van der Waals surface area (Å²) in [5.74, 6) is -1.66. The number of aromatic nitrogens is 2. The van der Waals surface area contributed by atoms with E-state index in [0.717, 1.165) is 0 Å². The van der Waals surface area contributed by atoms with Crippen LogP contribution in [0.3, 0.4) is 0 Å². The Balaban J connectivity index is 2.66. The minimum absolute atomic E-state index is 0.0382. The van der Waals surface area contributed by atoms with Crippen molar-refractivity contribution in [2.75, 3.05) is 5.32 Å². The highest BCUT2D eigenvalue weighted by Crippen LogP contribution is 2.16. The maximum absolute atomic E-state index is 11.0. The number of nitrogens with one attached hydrogen (secondary N) is 1. The first kappa shape index (κ1) is 11.0. The maximum Gasteiger partial charge on any atom is 0.358 e. The van der Waals surface area contributed by atoms with E-state index in [-0.39, 0.29) is 11.5 Å². The molecule has 0 aliphatic rings. The number of rotatable bonds is 2. The van der Waals surface area contributed by atoms with Crippen LogP contribution in [0.25, 0.3) is 11.0 Å². The van der Waals surface area contributed by atoms with Gasteiger partial charge in [0.1, 0.15) is 0 Å². The zero-order valence-electron chi connectivity index (χ0n) is 8.97. The normalized spacial score (nSPS) is 10.2. The van der Waals surface area contributed by atoms with E-state index in [9.17, 15) is 9.59 Å². The molecule has 1 heterocycles. The standard InChI is InChI=1S/C11H9N3O3/c1-6(15)12-10-9(11(16)17)13-7-4-2-3-5-8(7)14-10/h2-5H,1H3,(H,16,17)(H,12,14,15). The summed E-state index contributed by atoms with van der Waals surface area (Å²) in [5, 5.41) is 11.3. The van der Waals surface area contributed by atoms with Gasteiger partial charge < -0.3 is 10.4 Å². The number of hydrogen-bond donors (Lipinski definition) is 2. The van der Waals surface area contributed by atoms with Gasteiger partial charge in [-0.05, 0) is 12.1 Å². The van der Waals surface area contributed by atoms with Crippen LogP contribution in [0.2, 0.25) is 0 Å². The van der Waals surface area contributed by atoms with Gasteiger partial charge in [-0.25, -0.2) is 14.8 Å². The number of fused-ring (bicyclic) bond motifs is 1. The molecule has 0 unspecified atom stereocenters. The lowest BCUT2D eigenvalue weighted by Crippen LogP contribution is -2.14. The number of carbonyl (C=O) groups is 2. The molecule has 0 radical (unpaired) electrons. The summed E-state index contributed by atoms with van der Waals surface area (Å²) < 4.78 is 0. The highest BCUT2D eigenvalue weighted by atomic mass is 16.4. The van der Waals surface area contributed by atoms with Gasteiger partial charge in [-0.3, -0.25) is 4.79 Å². The van der Waals surface area contributed by atoms with Crippen molar-refractivity contribution in [1.29, 1.82) is 0 Å². The second-order valence-corrected chi connectivity index (χ2v) is 3.40. The Morgan fingerprint density at radius 1 is 1.18 bits per heavy atom. The molecule has 6 nitrogen and oxygen atoms in total. The molecule has 0 aliphatic heterocycles. The molecule has 2 aromatic rings. The Hall–Kier alpha value is -2.50. The number of hydrogen-bond acceptors (Lipinski definition) is 4. The number of carboxylic acids is 1. The highest BCUT2D eigenvalue weighted by Gasteiger charge is 2.15. The summed E-state index contributed by atoms with van der Waals surface area (Å²) in [6.07, 6.45) is 0. The molecular formula is C11H9N3O3. The van der Waals surface area contributed by atoms with Crippen molar-refractivity contribution < 1.29 is 14.7 Å². The molecule has 2 N–H and O–H groups in total. The van der Waals surface area contributed by atoms with Crippen molar-refractivity contribution in [3.05, 3.63) is 30.0 Å². The predicted octanol–water partition coefficient (Wildman–Crippen LogP) is 1.29. The van der Waals surface area contributed by atoms with Crippen LogP contribution in [0.4, 0.5) is 5.82 Å². The fourth-order valence-corrected chi connectivity index (χ4v) is 1.40. The first-order chi connectivity index (χ1) is 8.08. The Labute approximate surface area is 96.3 Å². The van der Waals surface area contributed by atoms with Gasteiger partial charge in [-0.1, -0.05) is 12.1 Å². The van der Waals surface area contributed by atoms with Crippen LogP contribution in [0.1, 0.15) is 17.4 Å². The summed E-state index contributed by atoms with van der Waals surface area (Å²) in [4.78, 5) is 30.0. The molecule has 0 atom stereocenters. The number of nitrogens with zero attached hydrogens (tertiary/aromatic N) is 2. The van der Waals surface area contributed by atoms with E-state index in [1.807, 2.05) is 0 Å². The summed E-state index contributed by atoms with van der Waals surface area (Å²) in [5.41, 5.74) is 0.735. The Kier molecular flexibility index (Phi) is 2.70. The number of para-hydroxylation sites is 2. The fourth-order valence-electron chi connectivity index (χ4n) is 1.40. The van der Waals surface area contributed by atoms with Crippen LogP contribution in [0.15, 0.2) is 24.3 Å². The minimum Gasteiger partial charge on any atom is -0.476 e. The van der Waals surface area contributed by atoms with E-state index in [0.29, 0.717) is 11.0 Å². The lowest BCUT2D eigenvalue weighted by molar-refractivity contribution is -0.114. The molecule has 2 rings (SSSR count). The maximum atomic E-state index is 11.0. The van der Waals surface area contributed by atoms with Gasteiger partial charge in [0.15, 0.2) is 11.5 Å². The molecule has 0 spiro atoms.